The summed E-state index contributed by atoms with van der Waals surface area (Å²) in [6, 6.07) is 6.89. The molecular formula is C17H23NO5. The van der Waals surface area contributed by atoms with E-state index >= 15 is 0 Å². The minimum Gasteiger partial charge on any atom is -0.481 e. The second-order valence-electron chi connectivity index (χ2n) is 5.23. The highest BCUT2D eigenvalue weighted by Gasteiger charge is 2.23. The molecule has 2 amide bonds. The molecule has 1 rings (SSSR count). The first-order chi connectivity index (χ1) is 10.9. The van der Waals surface area contributed by atoms with Gasteiger partial charge in [-0.25, -0.2) is 9.69 Å². The molecule has 23 heavy (non-hydrogen) atoms. The van der Waals surface area contributed by atoms with E-state index in [9.17, 15) is 14.4 Å². The zero-order valence-electron chi connectivity index (χ0n) is 13.7. The van der Waals surface area contributed by atoms with Crippen LogP contribution < -0.4 is 0 Å². The highest BCUT2D eigenvalue weighted by molar-refractivity contribution is 5.91. The fraction of sp³-hybridized carbons (Fsp3) is 0.471. The van der Waals surface area contributed by atoms with Gasteiger partial charge in [0.1, 0.15) is 0 Å². The van der Waals surface area contributed by atoms with E-state index in [1.807, 2.05) is 6.92 Å². The van der Waals surface area contributed by atoms with Crippen LogP contribution in [-0.2, 0) is 20.9 Å². The molecule has 0 spiro atoms. The van der Waals surface area contributed by atoms with E-state index in [0.29, 0.717) is 17.5 Å². The van der Waals surface area contributed by atoms with Crippen molar-refractivity contribution >= 4 is 18.0 Å². The highest BCUT2D eigenvalue weighted by atomic mass is 16.6. The van der Waals surface area contributed by atoms with Crippen molar-refractivity contribution in [2.45, 2.75) is 46.1 Å². The van der Waals surface area contributed by atoms with Crippen LogP contribution in [0.5, 0.6) is 0 Å². The van der Waals surface area contributed by atoms with E-state index in [2.05, 4.69) is 0 Å². The normalized spacial score (nSPS) is 11.6. The molecule has 1 aromatic rings. The SMILES string of the molecule is CCCC(=O)N(Cc1cccc(C(C)C(=O)O)c1)C(=O)OCC. The summed E-state index contributed by atoms with van der Waals surface area (Å²) < 4.78 is 4.93. The van der Waals surface area contributed by atoms with Crippen LogP contribution in [0.2, 0.25) is 0 Å². The lowest BCUT2D eigenvalue weighted by Crippen LogP contribution is -2.36. The van der Waals surface area contributed by atoms with Gasteiger partial charge in [0.05, 0.1) is 19.1 Å². The summed E-state index contributed by atoms with van der Waals surface area (Å²) in [5.41, 5.74) is 1.31. The second kappa shape index (κ2) is 8.92. The molecule has 1 N–H and O–H groups in total. The third-order valence-corrected chi connectivity index (χ3v) is 3.42. The molecule has 0 saturated heterocycles. The number of carboxylic acid groups (broad SMARTS) is 1. The molecule has 0 aliphatic rings. The predicted octanol–water partition coefficient (Wildman–Crippen LogP) is 3.16. The molecule has 6 heteroatoms. The zero-order chi connectivity index (χ0) is 17.4. The topological polar surface area (TPSA) is 83.9 Å². The first kappa shape index (κ1) is 18.7. The second-order valence-corrected chi connectivity index (χ2v) is 5.23. The monoisotopic (exact) mass is 321 g/mol. The lowest BCUT2D eigenvalue weighted by atomic mass is 9.99. The quantitative estimate of drug-likeness (QED) is 0.834. The standard InChI is InChI=1S/C17H23NO5/c1-4-7-15(19)18(17(22)23-5-2)11-13-8-6-9-14(10-13)12(3)16(20)21/h6,8-10,12H,4-5,7,11H2,1-3H3,(H,20,21). The van der Waals surface area contributed by atoms with Crippen LogP contribution in [0.1, 0.15) is 50.7 Å². The minimum absolute atomic E-state index is 0.0673. The van der Waals surface area contributed by atoms with E-state index in [4.69, 9.17) is 9.84 Å². The van der Waals surface area contributed by atoms with Gasteiger partial charge in [-0.3, -0.25) is 9.59 Å². The van der Waals surface area contributed by atoms with Gasteiger partial charge in [-0.05, 0) is 31.4 Å². The number of aliphatic carboxylic acids is 1. The maximum atomic E-state index is 12.1. The zero-order valence-corrected chi connectivity index (χ0v) is 13.7. The van der Waals surface area contributed by atoms with Crippen molar-refractivity contribution in [3.8, 4) is 0 Å². The van der Waals surface area contributed by atoms with Crippen molar-refractivity contribution in [3.63, 3.8) is 0 Å². The number of rotatable bonds is 7. The number of amides is 2. The van der Waals surface area contributed by atoms with E-state index in [0.717, 1.165) is 4.90 Å². The Balaban J connectivity index is 2.99. The molecular weight excluding hydrogens is 298 g/mol. The van der Waals surface area contributed by atoms with Crippen LogP contribution in [0.3, 0.4) is 0 Å². The van der Waals surface area contributed by atoms with Gasteiger partial charge in [-0.2, -0.15) is 0 Å². The maximum Gasteiger partial charge on any atom is 0.416 e. The van der Waals surface area contributed by atoms with Crippen molar-refractivity contribution in [1.82, 2.24) is 4.90 Å². The summed E-state index contributed by atoms with van der Waals surface area (Å²) in [5, 5.41) is 9.09. The molecule has 0 aromatic heterocycles. The Labute approximate surface area is 136 Å². The average Bonchev–Trinajstić information content (AvgIpc) is 2.52. The Hall–Kier alpha value is -2.37. The first-order valence-corrected chi connectivity index (χ1v) is 7.69. The van der Waals surface area contributed by atoms with E-state index in [1.165, 1.54) is 0 Å². The molecule has 6 nitrogen and oxygen atoms in total. The Kier molecular flexibility index (Phi) is 7.25. The fourth-order valence-corrected chi connectivity index (χ4v) is 2.09. The summed E-state index contributed by atoms with van der Waals surface area (Å²) in [6.07, 6.45) is 0.206. The molecule has 0 fully saturated rings. The van der Waals surface area contributed by atoms with Gasteiger partial charge < -0.3 is 9.84 Å². The lowest BCUT2D eigenvalue weighted by Gasteiger charge is -2.20. The summed E-state index contributed by atoms with van der Waals surface area (Å²) >= 11 is 0. The molecule has 0 bridgehead atoms. The fourth-order valence-electron chi connectivity index (χ4n) is 2.09. The number of ether oxygens (including phenoxy) is 1. The number of imide groups is 1. The van der Waals surface area contributed by atoms with Gasteiger partial charge in [0.2, 0.25) is 5.91 Å². The van der Waals surface area contributed by atoms with Gasteiger partial charge in [0.25, 0.3) is 0 Å². The van der Waals surface area contributed by atoms with Crippen molar-refractivity contribution in [3.05, 3.63) is 35.4 Å². The Morgan fingerprint density at radius 1 is 1.26 bits per heavy atom. The van der Waals surface area contributed by atoms with Gasteiger partial charge >= 0.3 is 12.1 Å². The summed E-state index contributed by atoms with van der Waals surface area (Å²) in [5.74, 6) is -1.88. The predicted molar refractivity (Wildman–Crippen MR) is 85.0 cm³/mol. The molecule has 1 aromatic carbocycles. The van der Waals surface area contributed by atoms with Gasteiger partial charge in [0, 0.05) is 6.42 Å². The van der Waals surface area contributed by atoms with E-state index in [1.54, 1.807) is 38.1 Å². The number of hydrogen-bond donors (Lipinski definition) is 1. The van der Waals surface area contributed by atoms with Crippen LogP contribution in [0.15, 0.2) is 24.3 Å². The van der Waals surface area contributed by atoms with Crippen molar-refractivity contribution < 1.29 is 24.2 Å². The van der Waals surface area contributed by atoms with Crippen molar-refractivity contribution in [1.29, 1.82) is 0 Å². The molecule has 0 saturated carbocycles. The Morgan fingerprint density at radius 2 is 1.96 bits per heavy atom. The van der Waals surface area contributed by atoms with Crippen LogP contribution in [0, 0.1) is 0 Å². The largest absolute Gasteiger partial charge is 0.481 e. The van der Waals surface area contributed by atoms with Crippen molar-refractivity contribution in [2.24, 2.45) is 0 Å². The minimum atomic E-state index is -0.925. The number of carbonyl (C=O) groups excluding carboxylic acids is 2. The molecule has 0 heterocycles. The summed E-state index contributed by atoms with van der Waals surface area (Å²) in [7, 11) is 0. The van der Waals surface area contributed by atoms with Crippen molar-refractivity contribution in [2.75, 3.05) is 6.61 Å². The Bertz CT molecular complexity index is 552. The van der Waals surface area contributed by atoms with Gasteiger partial charge in [0.15, 0.2) is 0 Å². The average molecular weight is 321 g/mol. The van der Waals surface area contributed by atoms with Crippen LogP contribution in [0.25, 0.3) is 0 Å². The smallest absolute Gasteiger partial charge is 0.416 e. The molecule has 0 radical (unpaired) electrons. The molecule has 0 aliphatic heterocycles. The highest BCUT2D eigenvalue weighted by Crippen LogP contribution is 2.18. The van der Waals surface area contributed by atoms with Gasteiger partial charge in [-0.1, -0.05) is 31.2 Å². The third kappa shape index (κ3) is 5.39. The number of benzene rings is 1. The number of carboxylic acids is 1. The number of carbonyl (C=O) groups is 3. The van der Waals surface area contributed by atoms with Crippen LogP contribution >= 0.6 is 0 Å². The van der Waals surface area contributed by atoms with Crippen LogP contribution in [0.4, 0.5) is 4.79 Å². The molecule has 1 unspecified atom stereocenters. The lowest BCUT2D eigenvalue weighted by molar-refractivity contribution is -0.138. The first-order valence-electron chi connectivity index (χ1n) is 7.69. The van der Waals surface area contributed by atoms with Crippen LogP contribution in [-0.4, -0.2) is 34.6 Å². The Morgan fingerprint density at radius 3 is 2.52 bits per heavy atom. The third-order valence-electron chi connectivity index (χ3n) is 3.42. The summed E-state index contributed by atoms with van der Waals surface area (Å²) in [4.78, 5) is 36.2. The molecule has 0 aliphatic carbocycles. The number of hydrogen-bond acceptors (Lipinski definition) is 4. The van der Waals surface area contributed by atoms with Gasteiger partial charge in [-0.15, -0.1) is 0 Å². The number of nitrogens with zero attached hydrogens (tertiary/aromatic N) is 1. The molecule has 1 atom stereocenters. The molecule has 126 valence electrons. The summed E-state index contributed by atoms with van der Waals surface area (Å²) in [6.45, 7) is 5.38. The maximum absolute atomic E-state index is 12.1. The van der Waals surface area contributed by atoms with E-state index < -0.39 is 18.0 Å². The van der Waals surface area contributed by atoms with E-state index in [-0.39, 0.29) is 25.5 Å².